The van der Waals surface area contributed by atoms with Crippen LogP contribution < -0.4 is 10.2 Å². The Bertz CT molecular complexity index is 681. The lowest BCUT2D eigenvalue weighted by molar-refractivity contribution is 0.102. The van der Waals surface area contributed by atoms with Crippen LogP contribution in [0, 0.1) is 5.92 Å². The summed E-state index contributed by atoms with van der Waals surface area (Å²) in [6, 6.07) is 6.93. The molecule has 23 heavy (non-hydrogen) atoms. The molecule has 1 fully saturated rings. The van der Waals surface area contributed by atoms with Gasteiger partial charge in [0.2, 0.25) is 5.95 Å². The second-order valence-corrected chi connectivity index (χ2v) is 6.28. The van der Waals surface area contributed by atoms with Crippen LogP contribution in [-0.2, 0) is 0 Å². The van der Waals surface area contributed by atoms with E-state index < -0.39 is 0 Å². The molecule has 0 radical (unpaired) electrons. The molecule has 2 heterocycles. The standard InChI is InChI=1S/C17H19ClN4O/c1-12-6-8-22(9-7-12)17-19-10-13(11-20-17)21-16(23)14-4-2-3-5-15(14)18/h2-5,10-12H,6-9H2,1H3,(H,21,23). The van der Waals surface area contributed by atoms with Crippen molar-refractivity contribution in [2.45, 2.75) is 19.8 Å². The van der Waals surface area contributed by atoms with E-state index in [-0.39, 0.29) is 5.91 Å². The number of hydrogen-bond acceptors (Lipinski definition) is 4. The fraction of sp³-hybridized carbons (Fsp3) is 0.353. The van der Waals surface area contributed by atoms with E-state index in [4.69, 9.17) is 11.6 Å². The Morgan fingerprint density at radius 1 is 1.22 bits per heavy atom. The first-order chi connectivity index (χ1) is 11.1. The van der Waals surface area contributed by atoms with Gasteiger partial charge in [0, 0.05) is 13.1 Å². The maximum Gasteiger partial charge on any atom is 0.257 e. The van der Waals surface area contributed by atoms with Crippen molar-refractivity contribution in [3.63, 3.8) is 0 Å². The Labute approximate surface area is 140 Å². The van der Waals surface area contributed by atoms with Gasteiger partial charge in [-0.25, -0.2) is 9.97 Å². The van der Waals surface area contributed by atoms with Gasteiger partial charge >= 0.3 is 0 Å². The molecule has 0 atom stereocenters. The maximum absolute atomic E-state index is 12.2. The van der Waals surface area contributed by atoms with E-state index in [0.29, 0.717) is 22.2 Å². The van der Waals surface area contributed by atoms with Crippen molar-refractivity contribution in [2.75, 3.05) is 23.3 Å². The molecule has 2 aromatic rings. The predicted octanol–water partition coefficient (Wildman–Crippen LogP) is 3.62. The van der Waals surface area contributed by atoms with Crippen LogP contribution in [0.3, 0.4) is 0 Å². The van der Waals surface area contributed by atoms with E-state index in [2.05, 4.69) is 27.1 Å². The van der Waals surface area contributed by atoms with E-state index in [0.717, 1.165) is 31.8 Å². The fourth-order valence-corrected chi connectivity index (χ4v) is 2.82. The number of carbonyl (C=O) groups is 1. The van der Waals surface area contributed by atoms with Crippen LogP contribution in [-0.4, -0.2) is 29.0 Å². The molecule has 120 valence electrons. The van der Waals surface area contributed by atoms with Crippen LogP contribution in [0.4, 0.5) is 11.6 Å². The number of halogens is 1. The van der Waals surface area contributed by atoms with Crippen molar-refractivity contribution >= 4 is 29.1 Å². The minimum absolute atomic E-state index is 0.265. The Balaban J connectivity index is 1.66. The normalized spacial score (nSPS) is 15.5. The Kier molecular flexibility index (Phi) is 4.76. The topological polar surface area (TPSA) is 58.1 Å². The molecule has 5 nitrogen and oxygen atoms in total. The number of amides is 1. The van der Waals surface area contributed by atoms with Gasteiger partial charge < -0.3 is 10.2 Å². The highest BCUT2D eigenvalue weighted by molar-refractivity contribution is 6.34. The molecule has 0 bridgehead atoms. The summed E-state index contributed by atoms with van der Waals surface area (Å²) in [7, 11) is 0. The number of piperidine rings is 1. The molecule has 1 aromatic heterocycles. The van der Waals surface area contributed by atoms with Crippen molar-refractivity contribution in [3.05, 3.63) is 47.2 Å². The van der Waals surface area contributed by atoms with Crippen molar-refractivity contribution in [1.82, 2.24) is 9.97 Å². The lowest BCUT2D eigenvalue weighted by Crippen LogP contribution is -2.34. The fourth-order valence-electron chi connectivity index (χ4n) is 2.60. The first-order valence-corrected chi connectivity index (χ1v) is 8.14. The summed E-state index contributed by atoms with van der Waals surface area (Å²) in [5.74, 6) is 1.21. The number of rotatable bonds is 3. The van der Waals surface area contributed by atoms with Crippen LogP contribution in [0.2, 0.25) is 5.02 Å². The summed E-state index contributed by atoms with van der Waals surface area (Å²) in [5.41, 5.74) is 0.993. The zero-order valence-electron chi connectivity index (χ0n) is 13.0. The maximum atomic E-state index is 12.2. The van der Waals surface area contributed by atoms with E-state index in [1.807, 2.05) is 0 Å². The first kappa shape index (κ1) is 15.7. The Morgan fingerprint density at radius 2 is 1.87 bits per heavy atom. The summed E-state index contributed by atoms with van der Waals surface area (Å²) in [6.07, 6.45) is 5.59. The van der Waals surface area contributed by atoms with Crippen molar-refractivity contribution in [1.29, 1.82) is 0 Å². The van der Waals surface area contributed by atoms with Gasteiger partial charge in [-0.05, 0) is 30.9 Å². The van der Waals surface area contributed by atoms with Gasteiger partial charge in [-0.3, -0.25) is 4.79 Å². The minimum atomic E-state index is -0.265. The monoisotopic (exact) mass is 330 g/mol. The molecule has 0 unspecified atom stereocenters. The summed E-state index contributed by atoms with van der Waals surface area (Å²) < 4.78 is 0. The van der Waals surface area contributed by atoms with E-state index in [9.17, 15) is 4.79 Å². The third kappa shape index (κ3) is 3.79. The van der Waals surface area contributed by atoms with E-state index in [1.54, 1.807) is 36.7 Å². The molecule has 1 saturated heterocycles. The number of anilines is 2. The molecule has 0 spiro atoms. The van der Waals surface area contributed by atoms with Crippen LogP contribution >= 0.6 is 11.6 Å². The van der Waals surface area contributed by atoms with E-state index >= 15 is 0 Å². The molecule has 1 aliphatic rings. The minimum Gasteiger partial charge on any atom is -0.341 e. The van der Waals surface area contributed by atoms with Crippen LogP contribution in [0.1, 0.15) is 30.1 Å². The number of carbonyl (C=O) groups excluding carboxylic acids is 1. The number of benzene rings is 1. The molecule has 1 aromatic carbocycles. The van der Waals surface area contributed by atoms with Gasteiger partial charge in [0.15, 0.2) is 0 Å². The second-order valence-electron chi connectivity index (χ2n) is 5.88. The highest BCUT2D eigenvalue weighted by atomic mass is 35.5. The SMILES string of the molecule is CC1CCN(c2ncc(NC(=O)c3ccccc3Cl)cn2)CC1. The summed E-state index contributed by atoms with van der Waals surface area (Å²) in [5, 5.41) is 3.19. The number of aromatic nitrogens is 2. The zero-order valence-corrected chi connectivity index (χ0v) is 13.8. The number of nitrogens with zero attached hydrogens (tertiary/aromatic N) is 3. The number of nitrogens with one attached hydrogen (secondary N) is 1. The third-order valence-corrected chi connectivity index (χ3v) is 4.41. The smallest absolute Gasteiger partial charge is 0.257 e. The highest BCUT2D eigenvalue weighted by Crippen LogP contribution is 2.21. The average molecular weight is 331 g/mol. The van der Waals surface area contributed by atoms with Crippen LogP contribution in [0.15, 0.2) is 36.7 Å². The summed E-state index contributed by atoms with van der Waals surface area (Å²) >= 11 is 6.03. The van der Waals surface area contributed by atoms with Crippen molar-refractivity contribution in [2.24, 2.45) is 5.92 Å². The molecule has 6 heteroatoms. The molecule has 1 aliphatic heterocycles. The van der Waals surface area contributed by atoms with Gasteiger partial charge in [-0.2, -0.15) is 0 Å². The zero-order chi connectivity index (χ0) is 16.2. The van der Waals surface area contributed by atoms with Gasteiger partial charge in [0.25, 0.3) is 5.91 Å². The van der Waals surface area contributed by atoms with Gasteiger partial charge in [-0.1, -0.05) is 30.7 Å². The quantitative estimate of drug-likeness (QED) is 0.933. The molecule has 1 N–H and O–H groups in total. The van der Waals surface area contributed by atoms with Gasteiger partial charge in [0.1, 0.15) is 0 Å². The van der Waals surface area contributed by atoms with Crippen molar-refractivity contribution in [3.8, 4) is 0 Å². The summed E-state index contributed by atoms with van der Waals surface area (Å²) in [6.45, 7) is 4.23. The molecule has 0 aliphatic carbocycles. The highest BCUT2D eigenvalue weighted by Gasteiger charge is 2.18. The number of hydrogen-bond donors (Lipinski definition) is 1. The molecule has 1 amide bonds. The average Bonchev–Trinajstić information content (AvgIpc) is 2.57. The largest absolute Gasteiger partial charge is 0.341 e. The molecule has 0 saturated carbocycles. The van der Waals surface area contributed by atoms with Gasteiger partial charge in [-0.15, -0.1) is 0 Å². The third-order valence-electron chi connectivity index (χ3n) is 4.08. The molecular weight excluding hydrogens is 312 g/mol. The van der Waals surface area contributed by atoms with Crippen LogP contribution in [0.25, 0.3) is 0 Å². The van der Waals surface area contributed by atoms with Crippen molar-refractivity contribution < 1.29 is 4.79 Å². The predicted molar refractivity (Wildman–Crippen MR) is 92.0 cm³/mol. The van der Waals surface area contributed by atoms with Gasteiger partial charge in [0.05, 0.1) is 28.7 Å². The first-order valence-electron chi connectivity index (χ1n) is 7.76. The Hall–Kier alpha value is -2.14. The summed E-state index contributed by atoms with van der Waals surface area (Å²) in [4.78, 5) is 23.1. The molecular formula is C17H19ClN4O. The molecule has 3 rings (SSSR count). The lowest BCUT2D eigenvalue weighted by Gasteiger charge is -2.30. The Morgan fingerprint density at radius 3 is 2.52 bits per heavy atom. The van der Waals surface area contributed by atoms with E-state index in [1.165, 1.54) is 0 Å². The van der Waals surface area contributed by atoms with Crippen LogP contribution in [0.5, 0.6) is 0 Å². The lowest BCUT2D eigenvalue weighted by atomic mass is 10.00. The second kappa shape index (κ2) is 6.96.